The van der Waals surface area contributed by atoms with Crippen molar-refractivity contribution in [3.63, 3.8) is 0 Å². The van der Waals surface area contributed by atoms with Gasteiger partial charge in [-0.2, -0.15) is 0 Å². The van der Waals surface area contributed by atoms with Gasteiger partial charge < -0.3 is 10.0 Å². The van der Waals surface area contributed by atoms with Crippen LogP contribution in [0.2, 0.25) is 0 Å². The number of hydrogen-bond donors (Lipinski definition) is 1. The van der Waals surface area contributed by atoms with Gasteiger partial charge in [-0.25, -0.2) is 9.78 Å². The SMILES string of the molecule is O=C(O)c1cccc(-c2csc(N3CCCC3)n2)c1. The fourth-order valence-electron chi connectivity index (χ4n) is 2.26. The first-order valence-electron chi connectivity index (χ1n) is 6.28. The summed E-state index contributed by atoms with van der Waals surface area (Å²) in [6, 6.07) is 6.92. The van der Waals surface area contributed by atoms with Gasteiger partial charge in [-0.1, -0.05) is 12.1 Å². The second-order valence-electron chi connectivity index (χ2n) is 4.60. The number of hydrogen-bond acceptors (Lipinski definition) is 4. The third-order valence-electron chi connectivity index (χ3n) is 3.27. The third-order valence-corrected chi connectivity index (χ3v) is 4.18. The normalized spacial score (nSPS) is 14.8. The molecular weight excluding hydrogens is 260 g/mol. The van der Waals surface area contributed by atoms with Crippen molar-refractivity contribution in [2.75, 3.05) is 18.0 Å². The standard InChI is InChI=1S/C14H14N2O2S/c17-13(18)11-5-3-4-10(8-11)12-9-19-14(15-12)16-6-1-2-7-16/h3-5,8-9H,1-2,6-7H2,(H,17,18). The molecule has 0 amide bonds. The maximum atomic E-state index is 11.0. The van der Waals surface area contributed by atoms with Crippen molar-refractivity contribution >= 4 is 22.4 Å². The van der Waals surface area contributed by atoms with Crippen LogP contribution in [0.4, 0.5) is 5.13 Å². The Hall–Kier alpha value is -1.88. The van der Waals surface area contributed by atoms with Crippen molar-refractivity contribution < 1.29 is 9.90 Å². The molecule has 3 rings (SSSR count). The number of aromatic nitrogens is 1. The number of carboxylic acids is 1. The lowest BCUT2D eigenvalue weighted by atomic mass is 10.1. The zero-order valence-electron chi connectivity index (χ0n) is 10.4. The van der Waals surface area contributed by atoms with E-state index in [9.17, 15) is 4.79 Å². The Bertz CT molecular complexity index is 603. The molecule has 2 heterocycles. The highest BCUT2D eigenvalue weighted by Crippen LogP contribution is 2.29. The minimum atomic E-state index is -0.906. The topological polar surface area (TPSA) is 53.4 Å². The first kappa shape index (κ1) is 12.2. The summed E-state index contributed by atoms with van der Waals surface area (Å²) < 4.78 is 0. The summed E-state index contributed by atoms with van der Waals surface area (Å²) in [5.74, 6) is -0.906. The van der Waals surface area contributed by atoms with Gasteiger partial charge in [0.1, 0.15) is 0 Å². The molecule has 1 aromatic carbocycles. The quantitative estimate of drug-likeness (QED) is 0.934. The van der Waals surface area contributed by atoms with Crippen molar-refractivity contribution in [3.8, 4) is 11.3 Å². The van der Waals surface area contributed by atoms with Crippen LogP contribution in [0.5, 0.6) is 0 Å². The van der Waals surface area contributed by atoms with E-state index in [4.69, 9.17) is 5.11 Å². The van der Waals surface area contributed by atoms with Crippen LogP contribution in [0.3, 0.4) is 0 Å². The Balaban J connectivity index is 1.89. The summed E-state index contributed by atoms with van der Waals surface area (Å²) in [6.45, 7) is 2.14. The Morgan fingerprint density at radius 1 is 1.32 bits per heavy atom. The molecule has 2 aromatic rings. The molecule has 0 radical (unpaired) electrons. The van der Waals surface area contributed by atoms with E-state index < -0.39 is 5.97 Å². The van der Waals surface area contributed by atoms with E-state index in [0.717, 1.165) is 29.5 Å². The molecule has 0 aliphatic carbocycles. The number of aromatic carboxylic acids is 1. The summed E-state index contributed by atoms with van der Waals surface area (Å²) in [4.78, 5) is 17.9. The molecule has 0 bridgehead atoms. The maximum absolute atomic E-state index is 11.0. The summed E-state index contributed by atoms with van der Waals surface area (Å²) in [5, 5.41) is 12.0. The smallest absolute Gasteiger partial charge is 0.335 e. The highest BCUT2D eigenvalue weighted by molar-refractivity contribution is 7.14. The number of thiazole rings is 1. The lowest BCUT2D eigenvalue weighted by Crippen LogP contribution is -2.17. The van der Waals surface area contributed by atoms with Gasteiger partial charge in [0, 0.05) is 24.0 Å². The van der Waals surface area contributed by atoms with Gasteiger partial charge in [0.2, 0.25) is 0 Å². The van der Waals surface area contributed by atoms with E-state index in [-0.39, 0.29) is 0 Å². The van der Waals surface area contributed by atoms with Gasteiger partial charge >= 0.3 is 5.97 Å². The van der Waals surface area contributed by atoms with Crippen molar-refractivity contribution in [1.82, 2.24) is 4.98 Å². The van der Waals surface area contributed by atoms with Crippen molar-refractivity contribution in [1.29, 1.82) is 0 Å². The molecule has 1 saturated heterocycles. The average molecular weight is 274 g/mol. The summed E-state index contributed by atoms with van der Waals surface area (Å²) in [7, 11) is 0. The summed E-state index contributed by atoms with van der Waals surface area (Å²) in [6.07, 6.45) is 2.45. The molecule has 0 unspecified atom stereocenters. The summed E-state index contributed by atoms with van der Waals surface area (Å²) >= 11 is 1.62. The van der Waals surface area contributed by atoms with Crippen molar-refractivity contribution in [2.45, 2.75) is 12.8 Å². The van der Waals surface area contributed by atoms with E-state index >= 15 is 0 Å². The monoisotopic (exact) mass is 274 g/mol. The van der Waals surface area contributed by atoms with Gasteiger partial charge in [-0.15, -0.1) is 11.3 Å². The Kier molecular flexibility index (Phi) is 3.21. The molecule has 4 nitrogen and oxygen atoms in total. The Morgan fingerprint density at radius 3 is 2.84 bits per heavy atom. The van der Waals surface area contributed by atoms with Crippen LogP contribution in [-0.2, 0) is 0 Å². The van der Waals surface area contributed by atoms with Crippen molar-refractivity contribution in [2.24, 2.45) is 0 Å². The molecule has 5 heteroatoms. The van der Waals surface area contributed by atoms with E-state index in [0.29, 0.717) is 5.56 Å². The van der Waals surface area contributed by atoms with Crippen LogP contribution in [0.1, 0.15) is 23.2 Å². The van der Waals surface area contributed by atoms with Crippen LogP contribution in [0, 0.1) is 0 Å². The fourth-order valence-corrected chi connectivity index (χ4v) is 3.15. The molecule has 1 fully saturated rings. The van der Waals surface area contributed by atoms with Gasteiger partial charge in [0.15, 0.2) is 5.13 Å². The molecule has 1 aliphatic heterocycles. The molecule has 98 valence electrons. The Morgan fingerprint density at radius 2 is 2.11 bits per heavy atom. The number of benzene rings is 1. The zero-order chi connectivity index (χ0) is 13.2. The number of nitrogens with zero attached hydrogens (tertiary/aromatic N) is 2. The highest BCUT2D eigenvalue weighted by Gasteiger charge is 2.16. The predicted molar refractivity (Wildman–Crippen MR) is 76.0 cm³/mol. The molecule has 1 aromatic heterocycles. The van der Waals surface area contributed by atoms with Gasteiger partial charge in [-0.05, 0) is 25.0 Å². The van der Waals surface area contributed by atoms with Gasteiger partial charge in [-0.3, -0.25) is 0 Å². The summed E-state index contributed by atoms with van der Waals surface area (Å²) in [5.41, 5.74) is 2.02. The largest absolute Gasteiger partial charge is 0.478 e. The number of anilines is 1. The van der Waals surface area contributed by atoms with E-state index in [1.165, 1.54) is 12.8 Å². The second-order valence-corrected chi connectivity index (χ2v) is 5.43. The highest BCUT2D eigenvalue weighted by atomic mass is 32.1. The average Bonchev–Trinajstić information content (AvgIpc) is 3.09. The predicted octanol–water partition coefficient (Wildman–Crippen LogP) is 3.11. The lowest BCUT2D eigenvalue weighted by molar-refractivity contribution is 0.0697. The molecule has 0 saturated carbocycles. The fraction of sp³-hybridized carbons (Fsp3) is 0.286. The number of rotatable bonds is 3. The first-order chi connectivity index (χ1) is 9.24. The van der Waals surface area contributed by atoms with Crippen molar-refractivity contribution in [3.05, 3.63) is 35.2 Å². The lowest BCUT2D eigenvalue weighted by Gasteiger charge is -2.12. The molecular formula is C14H14N2O2S. The van der Waals surface area contributed by atoms with E-state index in [1.54, 1.807) is 29.5 Å². The van der Waals surface area contributed by atoms with Crippen LogP contribution >= 0.6 is 11.3 Å². The van der Waals surface area contributed by atoms with Crippen LogP contribution in [0.15, 0.2) is 29.6 Å². The molecule has 1 N–H and O–H groups in total. The number of carboxylic acid groups (broad SMARTS) is 1. The maximum Gasteiger partial charge on any atom is 0.335 e. The van der Waals surface area contributed by atoms with Crippen LogP contribution in [-0.4, -0.2) is 29.1 Å². The minimum absolute atomic E-state index is 0.299. The molecule has 0 spiro atoms. The van der Waals surface area contributed by atoms with Gasteiger partial charge in [0.25, 0.3) is 0 Å². The van der Waals surface area contributed by atoms with Crippen LogP contribution in [0.25, 0.3) is 11.3 Å². The second kappa shape index (κ2) is 5.01. The van der Waals surface area contributed by atoms with Crippen LogP contribution < -0.4 is 4.90 Å². The van der Waals surface area contributed by atoms with Gasteiger partial charge in [0.05, 0.1) is 11.3 Å². The molecule has 1 aliphatic rings. The molecule has 19 heavy (non-hydrogen) atoms. The number of carbonyl (C=O) groups is 1. The van der Waals surface area contributed by atoms with E-state index in [1.807, 2.05) is 11.4 Å². The third kappa shape index (κ3) is 2.46. The minimum Gasteiger partial charge on any atom is -0.478 e. The van der Waals surface area contributed by atoms with E-state index in [2.05, 4.69) is 9.88 Å². The first-order valence-corrected chi connectivity index (χ1v) is 7.16. The molecule has 0 atom stereocenters. The zero-order valence-corrected chi connectivity index (χ0v) is 11.2. The Labute approximate surface area is 115 Å².